The van der Waals surface area contributed by atoms with E-state index in [2.05, 4.69) is 10.3 Å². The van der Waals surface area contributed by atoms with Crippen LogP contribution in [0.2, 0.25) is 0 Å². The number of nitrogens with zero attached hydrogens (tertiary/aromatic N) is 2. The second kappa shape index (κ2) is 6.13. The third-order valence-electron chi connectivity index (χ3n) is 4.02. The number of rotatable bonds is 4. The lowest BCUT2D eigenvalue weighted by Gasteiger charge is -2.22. The molecule has 0 radical (unpaired) electrons. The number of anilines is 1. The molecular formula is C18H17N3O2S. The van der Waals surface area contributed by atoms with Gasteiger partial charge >= 0.3 is 6.03 Å². The Kier molecular flexibility index (Phi) is 3.82. The molecular weight excluding hydrogens is 322 g/mol. The molecule has 0 spiro atoms. The van der Waals surface area contributed by atoms with Gasteiger partial charge in [-0.2, -0.15) is 0 Å². The third kappa shape index (κ3) is 3.19. The number of urea groups is 1. The highest BCUT2D eigenvalue weighted by atomic mass is 32.1. The first-order valence-electron chi connectivity index (χ1n) is 7.90. The topological polar surface area (TPSA) is 65.5 Å². The van der Waals surface area contributed by atoms with E-state index in [9.17, 15) is 9.90 Å². The van der Waals surface area contributed by atoms with Crippen molar-refractivity contribution in [2.75, 3.05) is 5.32 Å². The normalized spacial score (nSPS) is 13.8. The summed E-state index contributed by atoms with van der Waals surface area (Å²) in [7, 11) is 0. The number of phenolic OH excluding ortho intramolecular Hbond substituents is 1. The number of amides is 2. The monoisotopic (exact) mass is 339 g/mol. The van der Waals surface area contributed by atoms with Crippen LogP contribution in [0.25, 0.3) is 10.2 Å². The van der Waals surface area contributed by atoms with Crippen LogP contribution in [-0.2, 0) is 6.54 Å². The fourth-order valence-corrected chi connectivity index (χ4v) is 3.55. The minimum Gasteiger partial charge on any atom is -0.508 e. The van der Waals surface area contributed by atoms with Gasteiger partial charge in [-0.05, 0) is 42.7 Å². The van der Waals surface area contributed by atoms with E-state index < -0.39 is 0 Å². The minimum absolute atomic E-state index is 0.139. The summed E-state index contributed by atoms with van der Waals surface area (Å²) in [5.74, 6) is 0.217. The molecule has 1 heterocycles. The van der Waals surface area contributed by atoms with Crippen molar-refractivity contribution in [3.05, 3.63) is 54.1 Å². The van der Waals surface area contributed by atoms with Gasteiger partial charge in [-0.25, -0.2) is 9.78 Å². The molecule has 2 N–H and O–H groups in total. The van der Waals surface area contributed by atoms with Gasteiger partial charge in [0.1, 0.15) is 5.75 Å². The van der Waals surface area contributed by atoms with E-state index in [0.29, 0.717) is 11.7 Å². The van der Waals surface area contributed by atoms with Crippen molar-refractivity contribution in [2.45, 2.75) is 25.4 Å². The highest BCUT2D eigenvalue weighted by Crippen LogP contribution is 2.31. The van der Waals surface area contributed by atoms with Crippen LogP contribution < -0.4 is 5.32 Å². The van der Waals surface area contributed by atoms with Crippen molar-refractivity contribution < 1.29 is 9.90 Å². The van der Waals surface area contributed by atoms with Gasteiger partial charge in [0, 0.05) is 12.6 Å². The fourth-order valence-electron chi connectivity index (χ4n) is 2.69. The molecule has 0 atom stereocenters. The maximum Gasteiger partial charge on any atom is 0.324 e. The zero-order valence-electron chi connectivity index (χ0n) is 13.0. The summed E-state index contributed by atoms with van der Waals surface area (Å²) in [6.45, 7) is 0.482. The number of carbonyl (C=O) groups is 1. The Morgan fingerprint density at radius 3 is 2.83 bits per heavy atom. The lowest BCUT2D eigenvalue weighted by molar-refractivity contribution is 0.206. The average molecular weight is 339 g/mol. The van der Waals surface area contributed by atoms with E-state index in [1.54, 1.807) is 18.2 Å². The number of aromatic hydroxyl groups is 1. The molecule has 2 amide bonds. The smallest absolute Gasteiger partial charge is 0.324 e. The molecule has 1 fully saturated rings. The zero-order valence-corrected chi connectivity index (χ0v) is 13.8. The number of para-hydroxylation sites is 1. The van der Waals surface area contributed by atoms with Crippen LogP contribution in [0.3, 0.4) is 0 Å². The van der Waals surface area contributed by atoms with Gasteiger partial charge in [-0.3, -0.25) is 5.32 Å². The van der Waals surface area contributed by atoms with E-state index in [0.717, 1.165) is 28.6 Å². The van der Waals surface area contributed by atoms with Crippen LogP contribution in [0.4, 0.5) is 9.93 Å². The Balaban J connectivity index is 1.51. The lowest BCUT2D eigenvalue weighted by atomic mass is 10.2. The minimum atomic E-state index is -0.139. The molecule has 5 nitrogen and oxygen atoms in total. The number of nitrogens with one attached hydrogen (secondary N) is 1. The van der Waals surface area contributed by atoms with E-state index in [-0.39, 0.29) is 17.8 Å². The van der Waals surface area contributed by atoms with Crippen molar-refractivity contribution in [3.8, 4) is 5.75 Å². The maximum atomic E-state index is 12.7. The first kappa shape index (κ1) is 15.0. The van der Waals surface area contributed by atoms with E-state index in [4.69, 9.17) is 0 Å². The van der Waals surface area contributed by atoms with Gasteiger partial charge in [-0.1, -0.05) is 35.6 Å². The Bertz CT molecular complexity index is 856. The Morgan fingerprint density at radius 1 is 1.25 bits per heavy atom. The second-order valence-electron chi connectivity index (χ2n) is 5.95. The van der Waals surface area contributed by atoms with Crippen LogP contribution in [0.15, 0.2) is 48.5 Å². The van der Waals surface area contributed by atoms with Gasteiger partial charge in [0.15, 0.2) is 5.13 Å². The quantitative estimate of drug-likeness (QED) is 0.749. The Hall–Kier alpha value is -2.60. The first-order chi connectivity index (χ1) is 11.7. The van der Waals surface area contributed by atoms with Crippen molar-refractivity contribution in [1.29, 1.82) is 0 Å². The molecule has 0 saturated heterocycles. The summed E-state index contributed by atoms with van der Waals surface area (Å²) in [5, 5.41) is 13.1. The van der Waals surface area contributed by atoms with E-state index >= 15 is 0 Å². The number of benzene rings is 2. The summed E-state index contributed by atoms with van der Waals surface area (Å²) >= 11 is 1.47. The van der Waals surface area contributed by atoms with Crippen LogP contribution >= 0.6 is 11.3 Å². The highest BCUT2D eigenvalue weighted by molar-refractivity contribution is 7.22. The molecule has 1 saturated carbocycles. The molecule has 0 aliphatic heterocycles. The lowest BCUT2D eigenvalue weighted by Crippen LogP contribution is -2.36. The molecule has 1 aliphatic rings. The molecule has 1 aliphatic carbocycles. The number of thiazole rings is 1. The summed E-state index contributed by atoms with van der Waals surface area (Å²) in [5.41, 5.74) is 1.81. The van der Waals surface area contributed by atoms with Crippen LogP contribution in [0, 0.1) is 0 Å². The Morgan fingerprint density at radius 2 is 2.08 bits per heavy atom. The predicted octanol–water partition coefficient (Wildman–Crippen LogP) is 4.20. The summed E-state index contributed by atoms with van der Waals surface area (Å²) < 4.78 is 1.05. The highest BCUT2D eigenvalue weighted by Gasteiger charge is 2.33. The largest absolute Gasteiger partial charge is 0.508 e. The maximum absolute atomic E-state index is 12.7. The average Bonchev–Trinajstić information content (AvgIpc) is 3.32. The second-order valence-corrected chi connectivity index (χ2v) is 6.98. The molecule has 3 aromatic rings. The summed E-state index contributed by atoms with van der Waals surface area (Å²) in [6, 6.07) is 15.0. The zero-order chi connectivity index (χ0) is 16.5. The number of phenols is 1. The number of hydrogen-bond donors (Lipinski definition) is 2. The van der Waals surface area contributed by atoms with Gasteiger partial charge < -0.3 is 10.0 Å². The van der Waals surface area contributed by atoms with E-state index in [1.807, 2.05) is 35.2 Å². The van der Waals surface area contributed by atoms with Gasteiger partial charge in [0.05, 0.1) is 10.2 Å². The molecule has 4 rings (SSSR count). The molecule has 122 valence electrons. The fraction of sp³-hybridized carbons (Fsp3) is 0.222. The predicted molar refractivity (Wildman–Crippen MR) is 95.3 cm³/mol. The first-order valence-corrected chi connectivity index (χ1v) is 8.72. The van der Waals surface area contributed by atoms with Crippen molar-refractivity contribution in [3.63, 3.8) is 0 Å². The van der Waals surface area contributed by atoms with Crippen molar-refractivity contribution in [1.82, 2.24) is 9.88 Å². The van der Waals surface area contributed by atoms with Crippen molar-refractivity contribution >= 4 is 32.7 Å². The molecule has 1 aromatic heterocycles. The standard InChI is InChI=1S/C18H17N3O2S/c22-14-5-3-4-12(10-14)11-21(13-8-9-13)18(23)20-17-19-15-6-1-2-7-16(15)24-17/h1-7,10,13,22H,8-9,11H2,(H,19,20,23). The van der Waals surface area contributed by atoms with Crippen LogP contribution in [0.5, 0.6) is 5.75 Å². The molecule has 2 aromatic carbocycles. The van der Waals surface area contributed by atoms with Crippen molar-refractivity contribution in [2.24, 2.45) is 0 Å². The molecule has 0 bridgehead atoms. The molecule has 24 heavy (non-hydrogen) atoms. The van der Waals surface area contributed by atoms with Gasteiger partial charge in [-0.15, -0.1) is 0 Å². The van der Waals surface area contributed by atoms with Gasteiger partial charge in [0.25, 0.3) is 0 Å². The molecule has 0 unspecified atom stereocenters. The number of carbonyl (C=O) groups excluding carboxylic acids is 1. The third-order valence-corrected chi connectivity index (χ3v) is 4.97. The van der Waals surface area contributed by atoms with E-state index in [1.165, 1.54) is 11.3 Å². The number of hydrogen-bond acceptors (Lipinski definition) is 4. The Labute approximate surface area is 143 Å². The number of fused-ring (bicyclic) bond motifs is 1. The SMILES string of the molecule is O=C(Nc1nc2ccccc2s1)N(Cc1cccc(O)c1)C1CC1. The van der Waals surface area contributed by atoms with Crippen LogP contribution in [-0.4, -0.2) is 27.1 Å². The molecule has 6 heteroatoms. The van der Waals surface area contributed by atoms with Crippen LogP contribution in [0.1, 0.15) is 18.4 Å². The summed E-state index contributed by atoms with van der Waals surface area (Å²) in [4.78, 5) is 19.0. The number of aromatic nitrogens is 1. The summed E-state index contributed by atoms with van der Waals surface area (Å²) in [6.07, 6.45) is 2.04. The van der Waals surface area contributed by atoms with Gasteiger partial charge in [0.2, 0.25) is 0 Å².